The van der Waals surface area contributed by atoms with E-state index in [0.29, 0.717) is 5.41 Å². The molecule has 84 valence electrons. The van der Waals surface area contributed by atoms with Gasteiger partial charge in [0.15, 0.2) is 0 Å². The summed E-state index contributed by atoms with van der Waals surface area (Å²) in [5, 5.41) is 9.14. The van der Waals surface area contributed by atoms with Crippen LogP contribution in [0, 0.1) is 17.3 Å². The van der Waals surface area contributed by atoms with Crippen LogP contribution in [0.3, 0.4) is 0 Å². The molecule has 0 saturated heterocycles. The van der Waals surface area contributed by atoms with Crippen molar-refractivity contribution in [1.29, 1.82) is 0 Å². The van der Waals surface area contributed by atoms with E-state index in [1.54, 1.807) is 0 Å². The fourth-order valence-corrected chi connectivity index (χ4v) is 2.74. The highest BCUT2D eigenvalue weighted by molar-refractivity contribution is 5.76. The molecule has 2 atom stereocenters. The van der Waals surface area contributed by atoms with Crippen molar-refractivity contribution < 1.29 is 9.90 Å². The van der Waals surface area contributed by atoms with Crippen LogP contribution >= 0.6 is 0 Å². The molecule has 2 fully saturated rings. The molecule has 0 aromatic heterocycles. The molecule has 0 radical (unpaired) electrons. The predicted molar refractivity (Wildman–Crippen MR) is 59.0 cm³/mol. The van der Waals surface area contributed by atoms with Crippen molar-refractivity contribution in [3.8, 4) is 0 Å². The molecular weight excluding hydrogens is 188 g/mol. The van der Waals surface area contributed by atoms with Gasteiger partial charge >= 0.3 is 0 Å². The lowest BCUT2D eigenvalue weighted by Gasteiger charge is -2.31. The van der Waals surface area contributed by atoms with Crippen LogP contribution in [0.15, 0.2) is 24.8 Å². The number of carbonyl (C=O) groups excluding carboxylic acids is 1. The number of carboxylic acids is 1. The summed E-state index contributed by atoms with van der Waals surface area (Å²) in [5.41, 5.74) is 2.01. The molecule has 0 aliphatic heterocycles. The second-order valence-corrected chi connectivity index (χ2v) is 4.98. The van der Waals surface area contributed by atoms with Crippen LogP contribution in [0.5, 0.6) is 0 Å². The Kier molecular flexibility index (Phi) is 3.38. The molecule has 2 unspecified atom stereocenters. The molecule has 0 aromatic carbocycles. The molecule has 2 aliphatic carbocycles. The minimum Gasteiger partial charge on any atom is -0.545 e. The molecule has 2 aliphatic rings. The van der Waals surface area contributed by atoms with E-state index in [1.807, 2.05) is 0 Å². The summed E-state index contributed by atoms with van der Waals surface area (Å²) >= 11 is 0. The maximum Gasteiger partial charge on any atom is 0.0636 e. The van der Waals surface area contributed by atoms with Crippen LogP contribution in [0.1, 0.15) is 33.1 Å². The third-order valence-corrected chi connectivity index (χ3v) is 3.94. The zero-order valence-electron chi connectivity index (χ0n) is 9.58. The lowest BCUT2D eigenvalue weighted by Crippen LogP contribution is -2.21. The smallest absolute Gasteiger partial charge is 0.0636 e. The number of rotatable bonds is 1. The van der Waals surface area contributed by atoms with E-state index in [2.05, 4.69) is 27.0 Å². The van der Waals surface area contributed by atoms with Gasteiger partial charge in [0.25, 0.3) is 0 Å². The maximum atomic E-state index is 9.14. The minimum atomic E-state index is -1.23. The first-order valence-electron chi connectivity index (χ1n) is 5.42. The van der Waals surface area contributed by atoms with E-state index < -0.39 is 5.97 Å². The van der Waals surface area contributed by atoms with Gasteiger partial charge in [-0.25, -0.2) is 0 Å². The fraction of sp³-hybridized carbons (Fsp3) is 0.615. The maximum absolute atomic E-state index is 9.14. The lowest BCUT2D eigenvalue weighted by atomic mass is 9.73. The molecule has 0 heterocycles. The van der Waals surface area contributed by atoms with Gasteiger partial charge in [-0.2, -0.15) is 0 Å². The van der Waals surface area contributed by atoms with E-state index >= 15 is 0 Å². The molecule has 2 heteroatoms. The van der Waals surface area contributed by atoms with Crippen molar-refractivity contribution in [1.82, 2.24) is 0 Å². The zero-order chi connectivity index (χ0) is 11.6. The molecule has 2 saturated carbocycles. The number of hydrogen-bond donors (Lipinski definition) is 0. The first kappa shape index (κ1) is 12.0. The molecular formula is C13H19O2-. The van der Waals surface area contributed by atoms with Gasteiger partial charge in [0.2, 0.25) is 0 Å². The van der Waals surface area contributed by atoms with Crippen molar-refractivity contribution in [2.45, 2.75) is 33.1 Å². The number of allylic oxidation sites excluding steroid dienone is 1. The van der Waals surface area contributed by atoms with Crippen molar-refractivity contribution in [2.75, 3.05) is 0 Å². The van der Waals surface area contributed by atoms with Crippen LogP contribution in [-0.2, 0) is 4.79 Å². The van der Waals surface area contributed by atoms with Gasteiger partial charge < -0.3 is 9.90 Å². The van der Waals surface area contributed by atoms with Crippen LogP contribution in [0.2, 0.25) is 0 Å². The topological polar surface area (TPSA) is 40.1 Å². The average molecular weight is 207 g/mol. The summed E-state index contributed by atoms with van der Waals surface area (Å²) in [7, 11) is 0. The van der Waals surface area contributed by atoms with E-state index in [1.165, 1.54) is 24.8 Å². The molecule has 0 spiro atoms. The summed E-state index contributed by atoms with van der Waals surface area (Å²) in [6.07, 6.45) is 5.04. The standard InChI is InChI=1S/C10H16.C3H4O2/c1-7-8-4-5-9(6-8)10(7,2)3;1-2-3(4)5/h8-9H,1,4-6H2,2-3H3;2H,1H2,(H,4,5)/p-1. The number of fused-ring (bicyclic) bond motifs is 2. The van der Waals surface area contributed by atoms with Gasteiger partial charge in [-0.05, 0) is 42.6 Å². The summed E-state index contributed by atoms with van der Waals surface area (Å²) in [6, 6.07) is 0. The Morgan fingerprint density at radius 1 is 1.53 bits per heavy atom. The van der Waals surface area contributed by atoms with Crippen molar-refractivity contribution >= 4 is 5.97 Å². The summed E-state index contributed by atoms with van der Waals surface area (Å²) in [5.74, 6) is 0.620. The normalized spacial score (nSPS) is 30.7. The SMILES string of the molecule is C=C1C2CCC(C2)C1(C)C.C=CC(=O)[O-]. The van der Waals surface area contributed by atoms with Crippen LogP contribution < -0.4 is 5.11 Å². The summed E-state index contributed by atoms with van der Waals surface area (Å²) < 4.78 is 0. The molecule has 2 nitrogen and oxygen atoms in total. The third-order valence-electron chi connectivity index (χ3n) is 3.94. The average Bonchev–Trinajstić information content (AvgIpc) is 2.72. The molecule has 15 heavy (non-hydrogen) atoms. The Morgan fingerprint density at radius 2 is 2.07 bits per heavy atom. The van der Waals surface area contributed by atoms with E-state index in [4.69, 9.17) is 9.90 Å². The number of aliphatic carboxylic acids is 1. The highest BCUT2D eigenvalue weighted by Crippen LogP contribution is 2.58. The van der Waals surface area contributed by atoms with Crippen molar-refractivity contribution in [3.63, 3.8) is 0 Å². The Labute approximate surface area is 91.7 Å². The number of carbonyl (C=O) groups is 1. The summed E-state index contributed by atoms with van der Waals surface area (Å²) in [6.45, 7) is 11.8. The number of carboxylic acid groups (broad SMARTS) is 1. The molecule has 0 amide bonds. The highest BCUT2D eigenvalue weighted by Gasteiger charge is 2.47. The zero-order valence-corrected chi connectivity index (χ0v) is 9.58. The summed E-state index contributed by atoms with van der Waals surface area (Å²) in [4.78, 5) is 9.14. The minimum absolute atomic E-state index is 0.475. The van der Waals surface area contributed by atoms with Crippen molar-refractivity contribution in [2.24, 2.45) is 17.3 Å². The quantitative estimate of drug-likeness (QED) is 0.487. The lowest BCUT2D eigenvalue weighted by molar-refractivity contribution is -0.297. The van der Waals surface area contributed by atoms with Crippen LogP contribution in [0.25, 0.3) is 0 Å². The van der Waals surface area contributed by atoms with E-state index in [0.717, 1.165) is 17.9 Å². The van der Waals surface area contributed by atoms with Gasteiger partial charge in [-0.3, -0.25) is 0 Å². The second-order valence-electron chi connectivity index (χ2n) is 4.98. The fourth-order valence-electron chi connectivity index (χ4n) is 2.74. The van der Waals surface area contributed by atoms with Crippen molar-refractivity contribution in [3.05, 3.63) is 24.8 Å². The first-order chi connectivity index (χ1) is 6.89. The van der Waals surface area contributed by atoms with E-state index in [9.17, 15) is 0 Å². The highest BCUT2D eigenvalue weighted by atomic mass is 16.4. The Hall–Kier alpha value is -1.05. The number of hydrogen-bond acceptors (Lipinski definition) is 2. The van der Waals surface area contributed by atoms with Crippen LogP contribution in [-0.4, -0.2) is 5.97 Å². The Balaban J connectivity index is 0.000000195. The molecule has 2 rings (SSSR count). The first-order valence-corrected chi connectivity index (χ1v) is 5.42. The molecule has 0 aromatic rings. The van der Waals surface area contributed by atoms with Gasteiger partial charge in [-0.1, -0.05) is 32.6 Å². The van der Waals surface area contributed by atoms with Crippen LogP contribution in [0.4, 0.5) is 0 Å². The van der Waals surface area contributed by atoms with Gasteiger partial charge in [-0.15, -0.1) is 0 Å². The molecule has 2 bridgehead atoms. The third kappa shape index (κ3) is 2.31. The van der Waals surface area contributed by atoms with Gasteiger partial charge in [0.05, 0.1) is 5.97 Å². The Morgan fingerprint density at radius 3 is 2.27 bits per heavy atom. The van der Waals surface area contributed by atoms with Gasteiger partial charge in [0, 0.05) is 0 Å². The van der Waals surface area contributed by atoms with E-state index in [-0.39, 0.29) is 0 Å². The largest absolute Gasteiger partial charge is 0.545 e. The molecule has 0 N–H and O–H groups in total. The predicted octanol–water partition coefficient (Wildman–Crippen LogP) is 1.92. The monoisotopic (exact) mass is 207 g/mol. The second kappa shape index (κ2) is 4.21. The van der Waals surface area contributed by atoms with Gasteiger partial charge in [0.1, 0.15) is 0 Å². The Bertz CT molecular complexity index is 289.